The number of ether oxygens (including phenoxy) is 4. The summed E-state index contributed by atoms with van der Waals surface area (Å²) >= 11 is 0. The highest BCUT2D eigenvalue weighted by Crippen LogP contribution is 2.43. The van der Waals surface area contributed by atoms with Crippen LogP contribution in [0.1, 0.15) is 32.0 Å². The summed E-state index contributed by atoms with van der Waals surface area (Å²) in [5.41, 5.74) is 2.06. The van der Waals surface area contributed by atoms with Gasteiger partial charge in [0, 0.05) is 13.2 Å². The number of nitrogens with one attached hydrogen (secondary N) is 1. The number of para-hydroxylation sites is 1. The van der Waals surface area contributed by atoms with Crippen molar-refractivity contribution in [2.75, 3.05) is 13.5 Å². The van der Waals surface area contributed by atoms with Crippen LogP contribution in [0, 0.1) is 6.92 Å². The fourth-order valence-corrected chi connectivity index (χ4v) is 5.00. The number of esters is 1. The number of hydrogen-bond donors (Lipinski definition) is 1. The molecule has 11 nitrogen and oxygen atoms in total. The molecule has 12 heteroatoms. The molecule has 1 unspecified atom stereocenters. The van der Waals surface area contributed by atoms with Gasteiger partial charge in [-0.25, -0.2) is 14.6 Å². The first kappa shape index (κ1) is 28.9. The van der Waals surface area contributed by atoms with Gasteiger partial charge in [-0.05, 0) is 57.5 Å². The number of aromatic nitrogens is 2. The van der Waals surface area contributed by atoms with Crippen molar-refractivity contribution in [3.63, 3.8) is 0 Å². The second kappa shape index (κ2) is 13.2. The van der Waals surface area contributed by atoms with E-state index in [0.717, 1.165) is 5.69 Å². The molecule has 3 aromatic rings. The molecule has 0 spiro atoms. The lowest BCUT2D eigenvalue weighted by Crippen LogP contribution is -2.36. The quantitative estimate of drug-likeness (QED) is 0.245. The van der Waals surface area contributed by atoms with Crippen molar-refractivity contribution in [1.82, 2.24) is 14.9 Å². The van der Waals surface area contributed by atoms with E-state index in [0.29, 0.717) is 11.3 Å². The summed E-state index contributed by atoms with van der Waals surface area (Å²) in [7, 11) is -2.22. The third-order valence-electron chi connectivity index (χ3n) is 4.92. The number of hydrogen-bond acceptors (Lipinski definition) is 9. The van der Waals surface area contributed by atoms with Crippen LogP contribution in [-0.4, -0.2) is 47.5 Å². The molecule has 0 saturated heterocycles. The molecule has 0 aliphatic heterocycles. The van der Waals surface area contributed by atoms with Gasteiger partial charge in [-0.2, -0.15) is 5.10 Å². The Morgan fingerprint density at radius 2 is 1.74 bits per heavy atom. The number of carbonyl (C=O) groups is 2. The van der Waals surface area contributed by atoms with E-state index in [-0.39, 0.29) is 30.7 Å². The normalized spacial score (nSPS) is 13.4. The molecular formula is C26H32N3O8P. The third kappa shape index (κ3) is 8.44. The van der Waals surface area contributed by atoms with Gasteiger partial charge in [0.05, 0.1) is 17.5 Å². The Morgan fingerprint density at radius 3 is 2.37 bits per heavy atom. The number of benzene rings is 2. The monoisotopic (exact) mass is 545 g/mol. The third-order valence-corrected chi connectivity index (χ3v) is 6.80. The lowest BCUT2D eigenvalue weighted by molar-refractivity contribution is -0.149. The van der Waals surface area contributed by atoms with Crippen LogP contribution >= 0.6 is 7.52 Å². The van der Waals surface area contributed by atoms with Crippen molar-refractivity contribution >= 4 is 19.6 Å². The summed E-state index contributed by atoms with van der Waals surface area (Å²) in [5, 5.41) is 7.04. The predicted molar refractivity (Wildman–Crippen MR) is 139 cm³/mol. The summed E-state index contributed by atoms with van der Waals surface area (Å²) in [6.07, 6.45) is -1.46. The number of carbonyl (C=O) groups excluding carboxylic acids is 2. The highest BCUT2D eigenvalue weighted by molar-refractivity contribution is 7.57. The standard InChI is InChI=1S/C26H32N3O8P/c1-18(2)35-25(30)20(4)28-38(32,17-33-5)37-23-13-11-21(12-14-23)16-34-26(31)36-24-15-19(3)27-29(24)22-9-7-6-8-10-22/h6-15,18,20H,16-17H2,1-5H3,(H,28,32)/t20-,38?/m0/s1. The van der Waals surface area contributed by atoms with E-state index in [9.17, 15) is 14.2 Å². The second-order valence-corrected chi connectivity index (χ2v) is 10.7. The highest BCUT2D eigenvalue weighted by Gasteiger charge is 2.30. The molecule has 1 heterocycles. The van der Waals surface area contributed by atoms with E-state index >= 15 is 0 Å². The Hall–Kier alpha value is -3.66. The molecule has 0 amide bonds. The van der Waals surface area contributed by atoms with Gasteiger partial charge >= 0.3 is 19.6 Å². The Morgan fingerprint density at radius 1 is 1.05 bits per heavy atom. The van der Waals surface area contributed by atoms with Gasteiger partial charge < -0.3 is 23.5 Å². The van der Waals surface area contributed by atoms with Crippen molar-refractivity contribution in [3.8, 4) is 17.3 Å². The van der Waals surface area contributed by atoms with E-state index in [4.69, 9.17) is 23.5 Å². The predicted octanol–water partition coefficient (Wildman–Crippen LogP) is 5.00. The van der Waals surface area contributed by atoms with E-state index in [1.54, 1.807) is 51.1 Å². The lowest BCUT2D eigenvalue weighted by Gasteiger charge is -2.23. The first-order chi connectivity index (χ1) is 18.1. The average molecular weight is 546 g/mol. The van der Waals surface area contributed by atoms with Gasteiger partial charge in [0.15, 0.2) is 0 Å². The molecule has 38 heavy (non-hydrogen) atoms. The van der Waals surface area contributed by atoms with Gasteiger partial charge in [0.25, 0.3) is 0 Å². The van der Waals surface area contributed by atoms with Crippen LogP contribution in [0.2, 0.25) is 0 Å². The summed E-state index contributed by atoms with van der Waals surface area (Å²) in [4.78, 5) is 24.4. The van der Waals surface area contributed by atoms with Crippen LogP contribution in [0.5, 0.6) is 11.6 Å². The molecule has 0 fully saturated rings. The largest absolute Gasteiger partial charge is 0.515 e. The Kier molecular flexibility index (Phi) is 10.1. The van der Waals surface area contributed by atoms with Gasteiger partial charge in [0.2, 0.25) is 5.88 Å². The van der Waals surface area contributed by atoms with Crippen LogP contribution in [0.15, 0.2) is 60.7 Å². The molecule has 0 aliphatic rings. The first-order valence-corrected chi connectivity index (χ1v) is 13.7. The van der Waals surface area contributed by atoms with Gasteiger partial charge in [-0.3, -0.25) is 9.36 Å². The van der Waals surface area contributed by atoms with Crippen molar-refractivity contribution in [2.24, 2.45) is 0 Å². The molecule has 2 atom stereocenters. The SMILES string of the molecule is COCP(=O)(N[C@@H](C)C(=O)OC(C)C)Oc1ccc(COC(=O)Oc2cc(C)nn2-c2ccccc2)cc1. The van der Waals surface area contributed by atoms with Crippen LogP contribution in [0.3, 0.4) is 0 Å². The smallest absolute Gasteiger partial charge is 0.462 e. The van der Waals surface area contributed by atoms with E-state index in [1.807, 2.05) is 30.3 Å². The zero-order valence-electron chi connectivity index (χ0n) is 22.0. The molecule has 0 aliphatic carbocycles. The Balaban J connectivity index is 1.57. The second-order valence-electron chi connectivity index (χ2n) is 8.67. The van der Waals surface area contributed by atoms with Crippen molar-refractivity contribution < 1.29 is 37.6 Å². The topological polar surface area (TPSA) is 127 Å². The maximum absolute atomic E-state index is 13.2. The molecule has 1 aromatic heterocycles. The number of aryl methyl sites for hydroxylation is 1. The minimum atomic E-state index is -3.59. The first-order valence-electron chi connectivity index (χ1n) is 11.9. The van der Waals surface area contributed by atoms with Crippen LogP contribution in [0.25, 0.3) is 5.69 Å². The molecule has 0 radical (unpaired) electrons. The molecular weight excluding hydrogens is 513 g/mol. The van der Waals surface area contributed by atoms with E-state index in [2.05, 4.69) is 10.2 Å². The maximum Gasteiger partial charge on any atom is 0.515 e. The van der Waals surface area contributed by atoms with Crippen LogP contribution in [0.4, 0.5) is 4.79 Å². The summed E-state index contributed by atoms with van der Waals surface area (Å²) in [5.74, 6) is -0.0486. The minimum absolute atomic E-state index is 0.0658. The fraction of sp³-hybridized carbons (Fsp3) is 0.346. The molecule has 0 saturated carbocycles. The van der Waals surface area contributed by atoms with Gasteiger partial charge in [-0.15, -0.1) is 0 Å². The summed E-state index contributed by atoms with van der Waals surface area (Å²) < 4.78 is 41.2. The van der Waals surface area contributed by atoms with E-state index < -0.39 is 25.7 Å². The van der Waals surface area contributed by atoms with E-state index in [1.165, 1.54) is 18.7 Å². The molecule has 2 aromatic carbocycles. The highest BCUT2D eigenvalue weighted by atomic mass is 31.2. The Labute approximate surface area is 221 Å². The molecule has 0 bridgehead atoms. The zero-order valence-corrected chi connectivity index (χ0v) is 22.8. The van der Waals surface area contributed by atoms with Crippen LogP contribution < -0.4 is 14.3 Å². The number of methoxy groups -OCH3 is 1. The maximum atomic E-state index is 13.2. The fourth-order valence-electron chi connectivity index (χ4n) is 3.32. The summed E-state index contributed by atoms with van der Waals surface area (Å²) in [6, 6.07) is 16.5. The van der Waals surface area contributed by atoms with Crippen molar-refractivity contribution in [1.29, 1.82) is 0 Å². The van der Waals surface area contributed by atoms with Gasteiger partial charge in [0.1, 0.15) is 24.7 Å². The molecule has 204 valence electrons. The Bertz CT molecular complexity index is 1260. The van der Waals surface area contributed by atoms with Gasteiger partial charge in [-0.1, -0.05) is 30.3 Å². The zero-order chi connectivity index (χ0) is 27.7. The number of rotatable bonds is 12. The van der Waals surface area contributed by atoms with Crippen LogP contribution in [-0.2, 0) is 30.2 Å². The average Bonchev–Trinajstić information content (AvgIpc) is 3.23. The van der Waals surface area contributed by atoms with Crippen molar-refractivity contribution in [2.45, 2.75) is 46.4 Å². The molecule has 3 rings (SSSR count). The minimum Gasteiger partial charge on any atom is -0.462 e. The summed E-state index contributed by atoms with van der Waals surface area (Å²) in [6.45, 7) is 6.71. The van der Waals surface area contributed by atoms with Crippen molar-refractivity contribution in [3.05, 3.63) is 71.9 Å². The lowest BCUT2D eigenvalue weighted by atomic mass is 10.2. The molecule has 1 N–H and O–H groups in total. The number of nitrogens with zero attached hydrogens (tertiary/aromatic N) is 2.